The molecule has 1 amide bonds. The third kappa shape index (κ3) is 4.91. The highest BCUT2D eigenvalue weighted by molar-refractivity contribution is 5.96. The number of carbonyl (C=O) groups excluding carboxylic acids is 1. The molecule has 0 radical (unpaired) electrons. The highest BCUT2D eigenvalue weighted by Crippen LogP contribution is 2.19. The average molecular weight is 326 g/mol. The second kappa shape index (κ2) is 7.25. The maximum Gasteiger partial charge on any atom is 0.354 e. The van der Waals surface area contributed by atoms with Crippen molar-refractivity contribution in [2.24, 2.45) is 5.41 Å². The molecule has 1 N–H and O–H groups in total. The molecule has 0 aliphatic heterocycles. The Bertz CT molecular complexity index is 721. The van der Waals surface area contributed by atoms with Crippen molar-refractivity contribution in [1.82, 2.24) is 9.88 Å². The molecule has 5 nitrogen and oxygen atoms in total. The predicted octanol–water partition coefficient (Wildman–Crippen LogP) is 3.47. The molecule has 0 aliphatic rings. The van der Waals surface area contributed by atoms with E-state index in [1.165, 1.54) is 12.3 Å². The number of rotatable bonds is 5. The molecule has 5 heteroatoms. The topological polar surface area (TPSA) is 70.5 Å². The van der Waals surface area contributed by atoms with Gasteiger partial charge in [-0.1, -0.05) is 51.1 Å². The van der Waals surface area contributed by atoms with E-state index in [4.69, 9.17) is 5.11 Å². The minimum atomic E-state index is -1.14. The van der Waals surface area contributed by atoms with Gasteiger partial charge in [0.05, 0.1) is 0 Å². The van der Waals surface area contributed by atoms with Gasteiger partial charge >= 0.3 is 5.97 Å². The van der Waals surface area contributed by atoms with E-state index >= 15 is 0 Å². The largest absolute Gasteiger partial charge is 0.477 e. The van der Waals surface area contributed by atoms with Gasteiger partial charge in [0.15, 0.2) is 0 Å². The number of aromatic carboxylic acids is 1. The van der Waals surface area contributed by atoms with Crippen molar-refractivity contribution in [3.8, 4) is 0 Å². The number of carbonyl (C=O) groups is 2. The Morgan fingerprint density at radius 1 is 1.12 bits per heavy atom. The van der Waals surface area contributed by atoms with Crippen LogP contribution in [0.25, 0.3) is 0 Å². The summed E-state index contributed by atoms with van der Waals surface area (Å²) in [6.07, 6.45) is 1.36. The lowest BCUT2D eigenvalue weighted by Crippen LogP contribution is -2.37. The third-order valence-corrected chi connectivity index (χ3v) is 3.39. The van der Waals surface area contributed by atoms with E-state index in [-0.39, 0.29) is 17.0 Å². The highest BCUT2D eigenvalue weighted by Gasteiger charge is 2.23. The summed E-state index contributed by atoms with van der Waals surface area (Å²) in [5.41, 5.74) is 1.16. The first-order valence-electron chi connectivity index (χ1n) is 7.79. The Morgan fingerprint density at radius 3 is 2.38 bits per heavy atom. The molecule has 126 valence electrons. The van der Waals surface area contributed by atoms with Crippen LogP contribution in [0.2, 0.25) is 0 Å². The van der Waals surface area contributed by atoms with Crippen LogP contribution in [0.15, 0.2) is 48.7 Å². The van der Waals surface area contributed by atoms with Crippen molar-refractivity contribution in [1.29, 1.82) is 0 Å². The molecule has 0 atom stereocenters. The van der Waals surface area contributed by atoms with Gasteiger partial charge < -0.3 is 10.0 Å². The van der Waals surface area contributed by atoms with Crippen LogP contribution in [-0.4, -0.2) is 33.4 Å². The molecular formula is C19H22N2O3. The minimum absolute atomic E-state index is 0.0763. The number of benzene rings is 1. The average Bonchev–Trinajstić information content (AvgIpc) is 2.53. The quantitative estimate of drug-likeness (QED) is 0.913. The van der Waals surface area contributed by atoms with Crippen molar-refractivity contribution in [2.45, 2.75) is 27.3 Å². The first-order chi connectivity index (χ1) is 11.3. The smallest absolute Gasteiger partial charge is 0.354 e. The SMILES string of the molecule is CC(C)(C)CN(Cc1ccccc1)C(=O)c1ccnc(C(=O)O)c1. The fourth-order valence-corrected chi connectivity index (χ4v) is 2.44. The zero-order chi connectivity index (χ0) is 17.7. The Kier molecular flexibility index (Phi) is 5.34. The minimum Gasteiger partial charge on any atom is -0.477 e. The Balaban J connectivity index is 2.30. The van der Waals surface area contributed by atoms with Crippen LogP contribution in [0.1, 0.15) is 47.2 Å². The molecule has 1 heterocycles. The Morgan fingerprint density at radius 2 is 1.79 bits per heavy atom. The normalized spacial score (nSPS) is 11.1. The standard InChI is InChI=1S/C19H22N2O3/c1-19(2,3)13-21(12-14-7-5-4-6-8-14)17(22)15-9-10-20-16(11-15)18(23)24/h4-11H,12-13H2,1-3H3,(H,23,24). The maximum absolute atomic E-state index is 12.9. The number of carboxylic acids is 1. The van der Waals surface area contributed by atoms with Crippen LogP contribution in [0.5, 0.6) is 0 Å². The summed E-state index contributed by atoms with van der Waals surface area (Å²) < 4.78 is 0. The molecule has 0 spiro atoms. The number of aromatic nitrogens is 1. The summed E-state index contributed by atoms with van der Waals surface area (Å²) in [5.74, 6) is -1.34. The van der Waals surface area contributed by atoms with Crippen LogP contribution in [0.3, 0.4) is 0 Å². The van der Waals surface area contributed by atoms with Gasteiger partial charge in [-0.3, -0.25) is 4.79 Å². The third-order valence-electron chi connectivity index (χ3n) is 3.39. The lowest BCUT2D eigenvalue weighted by Gasteiger charge is -2.30. The fourth-order valence-electron chi connectivity index (χ4n) is 2.44. The van der Waals surface area contributed by atoms with E-state index in [1.807, 2.05) is 30.3 Å². The van der Waals surface area contributed by atoms with E-state index in [2.05, 4.69) is 25.8 Å². The Hall–Kier alpha value is -2.69. The van der Waals surface area contributed by atoms with Gasteiger partial charge in [0.25, 0.3) is 5.91 Å². The summed E-state index contributed by atoms with van der Waals surface area (Å²) in [6, 6.07) is 12.6. The number of pyridine rings is 1. The van der Waals surface area contributed by atoms with Crippen molar-refractivity contribution < 1.29 is 14.7 Å². The van der Waals surface area contributed by atoms with Gasteiger partial charge in [0, 0.05) is 24.8 Å². The first-order valence-corrected chi connectivity index (χ1v) is 7.79. The Labute approximate surface area is 142 Å². The highest BCUT2D eigenvalue weighted by atomic mass is 16.4. The fraction of sp³-hybridized carbons (Fsp3) is 0.316. The molecule has 2 rings (SSSR count). The van der Waals surface area contributed by atoms with Crippen LogP contribution in [-0.2, 0) is 6.54 Å². The number of amides is 1. The van der Waals surface area contributed by atoms with E-state index < -0.39 is 5.97 Å². The number of hydrogen-bond acceptors (Lipinski definition) is 3. The van der Waals surface area contributed by atoms with Gasteiger partial charge in [-0.25, -0.2) is 9.78 Å². The molecule has 0 bridgehead atoms. The first kappa shape index (κ1) is 17.7. The zero-order valence-electron chi connectivity index (χ0n) is 14.2. The van der Waals surface area contributed by atoms with Crippen LogP contribution in [0, 0.1) is 5.41 Å². The van der Waals surface area contributed by atoms with Crippen molar-refractivity contribution >= 4 is 11.9 Å². The van der Waals surface area contributed by atoms with Gasteiger partial charge in [-0.15, -0.1) is 0 Å². The van der Waals surface area contributed by atoms with Crippen molar-refractivity contribution in [3.63, 3.8) is 0 Å². The van der Waals surface area contributed by atoms with Crippen LogP contribution in [0.4, 0.5) is 0 Å². The summed E-state index contributed by atoms with van der Waals surface area (Å²) in [4.78, 5) is 29.5. The summed E-state index contributed by atoms with van der Waals surface area (Å²) in [6.45, 7) is 7.22. The van der Waals surface area contributed by atoms with Gasteiger partial charge in [-0.05, 0) is 23.1 Å². The monoisotopic (exact) mass is 326 g/mol. The molecule has 2 aromatic rings. The van der Waals surface area contributed by atoms with Gasteiger partial charge in [-0.2, -0.15) is 0 Å². The van der Waals surface area contributed by atoms with E-state index in [0.717, 1.165) is 5.56 Å². The molecule has 0 unspecified atom stereocenters. The predicted molar refractivity (Wildman–Crippen MR) is 91.8 cm³/mol. The molecule has 24 heavy (non-hydrogen) atoms. The number of carboxylic acid groups (broad SMARTS) is 1. The second-order valence-electron chi connectivity index (χ2n) is 6.94. The molecule has 1 aromatic carbocycles. The van der Waals surface area contributed by atoms with Crippen molar-refractivity contribution in [2.75, 3.05) is 6.54 Å². The van der Waals surface area contributed by atoms with E-state index in [0.29, 0.717) is 18.7 Å². The molecular weight excluding hydrogens is 304 g/mol. The van der Waals surface area contributed by atoms with Crippen molar-refractivity contribution in [3.05, 3.63) is 65.5 Å². The lowest BCUT2D eigenvalue weighted by atomic mass is 9.95. The van der Waals surface area contributed by atoms with Crippen LogP contribution >= 0.6 is 0 Å². The molecule has 0 fully saturated rings. The molecule has 0 aliphatic carbocycles. The number of nitrogens with zero attached hydrogens (tertiary/aromatic N) is 2. The molecule has 0 saturated heterocycles. The number of hydrogen-bond donors (Lipinski definition) is 1. The lowest BCUT2D eigenvalue weighted by molar-refractivity contribution is 0.0679. The molecule has 1 aromatic heterocycles. The van der Waals surface area contributed by atoms with Gasteiger partial charge in [0.2, 0.25) is 0 Å². The van der Waals surface area contributed by atoms with E-state index in [1.54, 1.807) is 11.0 Å². The second-order valence-corrected chi connectivity index (χ2v) is 6.94. The maximum atomic E-state index is 12.9. The van der Waals surface area contributed by atoms with Crippen LogP contribution < -0.4 is 0 Å². The summed E-state index contributed by atoms with van der Waals surface area (Å²) >= 11 is 0. The van der Waals surface area contributed by atoms with Gasteiger partial charge in [0.1, 0.15) is 5.69 Å². The van der Waals surface area contributed by atoms with E-state index in [9.17, 15) is 9.59 Å². The summed E-state index contributed by atoms with van der Waals surface area (Å²) in [5, 5.41) is 9.06. The zero-order valence-corrected chi connectivity index (χ0v) is 14.2. The summed E-state index contributed by atoms with van der Waals surface area (Å²) in [7, 11) is 0. The molecule has 0 saturated carbocycles.